The summed E-state index contributed by atoms with van der Waals surface area (Å²) in [7, 11) is 6.47. The number of carbonyl (C=O) groups is 4. The number of nitrogens with two attached hydrogens (primary N) is 1. The number of aliphatic hydroxyl groups excluding tert-OH is 2. The zero-order valence-electron chi connectivity index (χ0n) is 20.9. The fraction of sp³-hybridized carbons (Fsp3) is 0.440. The minimum Gasteiger partial charge on any atom is -0.508 e. The van der Waals surface area contributed by atoms with Gasteiger partial charge in [0, 0.05) is 11.5 Å². The van der Waals surface area contributed by atoms with Gasteiger partial charge in [-0.15, -0.1) is 0 Å². The van der Waals surface area contributed by atoms with Crippen LogP contribution in [0, 0.1) is 11.8 Å². The second-order valence-electron chi connectivity index (χ2n) is 10.2. The third-order valence-corrected chi connectivity index (χ3v) is 7.33. The minimum atomic E-state index is -2.70. The Bertz CT molecular complexity index is 1300. The van der Waals surface area contributed by atoms with E-state index in [1.165, 1.54) is 25.1 Å². The average Bonchev–Trinajstić information content (AvgIpc) is 2.77. The van der Waals surface area contributed by atoms with Crippen LogP contribution >= 0.6 is 0 Å². The average molecular weight is 515 g/mol. The van der Waals surface area contributed by atoms with Gasteiger partial charge < -0.3 is 36.4 Å². The Hall–Kier alpha value is -3.74. The number of benzene rings is 1. The van der Waals surface area contributed by atoms with E-state index in [-0.39, 0.29) is 36.2 Å². The lowest BCUT2D eigenvalue weighted by molar-refractivity contribution is -0.153. The van der Waals surface area contributed by atoms with Gasteiger partial charge in [0.05, 0.1) is 23.8 Å². The number of nitrogens with one attached hydrogen (secondary N) is 1. The van der Waals surface area contributed by atoms with E-state index >= 15 is 0 Å². The summed E-state index contributed by atoms with van der Waals surface area (Å²) in [6.45, 7) is 0.0398. The first kappa shape index (κ1) is 26.3. The second kappa shape index (κ2) is 8.98. The van der Waals surface area contributed by atoms with Gasteiger partial charge in [-0.3, -0.25) is 24.1 Å². The van der Waals surface area contributed by atoms with Crippen LogP contribution in [0.4, 0.5) is 5.69 Å². The second-order valence-corrected chi connectivity index (χ2v) is 10.2. The van der Waals surface area contributed by atoms with E-state index in [1.54, 1.807) is 25.1 Å². The SMILES string of the molecule is CN(C)CC(=O)Nc1ccc2c(c1O)C(O)=C1C(=O)[C@]3(O)C(O)=C(C(N)=O)C(=O)[C@@H](N(C)C)[C@@H]3C[C@@H]1C2. The number of phenols is 1. The Morgan fingerprint density at radius 3 is 2.35 bits per heavy atom. The summed E-state index contributed by atoms with van der Waals surface area (Å²) in [4.78, 5) is 54.2. The van der Waals surface area contributed by atoms with Crippen LogP contribution < -0.4 is 11.1 Å². The molecule has 12 heteroatoms. The Morgan fingerprint density at radius 2 is 1.78 bits per heavy atom. The monoisotopic (exact) mass is 514 g/mol. The molecule has 2 amide bonds. The highest BCUT2D eigenvalue weighted by Gasteiger charge is 2.64. The van der Waals surface area contributed by atoms with Gasteiger partial charge in [-0.25, -0.2) is 0 Å². The molecule has 12 nitrogen and oxygen atoms in total. The molecule has 0 heterocycles. The van der Waals surface area contributed by atoms with Crippen molar-refractivity contribution < 1.29 is 39.6 Å². The Kier molecular flexibility index (Phi) is 6.39. The summed E-state index contributed by atoms with van der Waals surface area (Å²) >= 11 is 0. The van der Waals surface area contributed by atoms with E-state index in [2.05, 4.69) is 5.32 Å². The van der Waals surface area contributed by atoms with Gasteiger partial charge in [0.2, 0.25) is 11.7 Å². The highest BCUT2D eigenvalue weighted by Crippen LogP contribution is 2.53. The summed E-state index contributed by atoms with van der Waals surface area (Å²) in [6, 6.07) is 1.96. The van der Waals surface area contributed by atoms with Crippen LogP contribution in [0.3, 0.4) is 0 Å². The molecule has 1 fully saturated rings. The van der Waals surface area contributed by atoms with Crippen molar-refractivity contribution in [1.82, 2.24) is 9.80 Å². The molecule has 1 saturated carbocycles. The number of hydrogen-bond acceptors (Lipinski definition) is 10. The van der Waals surface area contributed by atoms with Crippen LogP contribution in [-0.2, 0) is 25.6 Å². The molecule has 0 aliphatic heterocycles. The third-order valence-electron chi connectivity index (χ3n) is 7.33. The van der Waals surface area contributed by atoms with E-state index in [0.717, 1.165) is 0 Å². The number of aliphatic hydroxyl groups is 3. The molecule has 3 aliphatic rings. The van der Waals surface area contributed by atoms with Crippen LogP contribution in [0.25, 0.3) is 5.76 Å². The highest BCUT2D eigenvalue weighted by molar-refractivity contribution is 6.24. The lowest BCUT2D eigenvalue weighted by Crippen LogP contribution is -2.65. The van der Waals surface area contributed by atoms with E-state index in [0.29, 0.717) is 5.56 Å². The molecule has 1 aromatic rings. The zero-order valence-corrected chi connectivity index (χ0v) is 20.9. The minimum absolute atomic E-state index is 0.00778. The Morgan fingerprint density at radius 1 is 1.14 bits per heavy atom. The zero-order chi connectivity index (χ0) is 27.6. The molecule has 0 radical (unpaired) electrons. The number of likely N-dealkylation sites (N-methyl/N-ethyl adjacent to an activating group) is 2. The Balaban J connectivity index is 1.86. The molecule has 0 spiro atoms. The first-order valence-corrected chi connectivity index (χ1v) is 11.7. The fourth-order valence-electron chi connectivity index (χ4n) is 5.80. The molecule has 0 bridgehead atoms. The molecule has 4 atom stereocenters. The van der Waals surface area contributed by atoms with Crippen molar-refractivity contribution >= 4 is 34.8 Å². The van der Waals surface area contributed by atoms with E-state index in [4.69, 9.17) is 5.73 Å². The molecule has 37 heavy (non-hydrogen) atoms. The van der Waals surface area contributed by atoms with Crippen molar-refractivity contribution in [3.05, 3.63) is 40.2 Å². The predicted molar refractivity (Wildman–Crippen MR) is 131 cm³/mol. The van der Waals surface area contributed by atoms with Crippen LogP contribution in [0.15, 0.2) is 29.0 Å². The van der Waals surface area contributed by atoms with E-state index in [1.807, 2.05) is 0 Å². The number of amides is 2. The van der Waals surface area contributed by atoms with Gasteiger partial charge in [-0.1, -0.05) is 6.07 Å². The number of hydrogen-bond donors (Lipinski definition) is 6. The first-order valence-electron chi connectivity index (χ1n) is 11.7. The quantitative estimate of drug-likeness (QED) is 0.220. The first-order chi connectivity index (χ1) is 17.2. The summed E-state index contributed by atoms with van der Waals surface area (Å²) in [6.07, 6.45) is 0.182. The molecule has 3 aliphatic carbocycles. The van der Waals surface area contributed by atoms with Gasteiger partial charge in [0.25, 0.3) is 5.91 Å². The number of ketones is 2. The normalized spacial score (nSPS) is 27.3. The van der Waals surface area contributed by atoms with Crippen molar-refractivity contribution in [1.29, 1.82) is 0 Å². The summed E-state index contributed by atoms with van der Waals surface area (Å²) in [5.74, 6) is -7.61. The number of fused-ring (bicyclic) bond motifs is 3. The van der Waals surface area contributed by atoms with E-state index < -0.39 is 69.7 Å². The summed E-state index contributed by atoms with van der Waals surface area (Å²) < 4.78 is 0. The molecule has 198 valence electrons. The van der Waals surface area contributed by atoms with Crippen LogP contribution in [0.5, 0.6) is 5.75 Å². The van der Waals surface area contributed by atoms with Crippen molar-refractivity contribution in [3.8, 4) is 5.75 Å². The van der Waals surface area contributed by atoms with Gasteiger partial charge in [-0.05, 0) is 58.6 Å². The summed E-state index contributed by atoms with van der Waals surface area (Å²) in [5, 5.41) is 47.1. The number of aromatic hydroxyl groups is 1. The van der Waals surface area contributed by atoms with Gasteiger partial charge in [0.15, 0.2) is 11.4 Å². The smallest absolute Gasteiger partial charge is 0.255 e. The van der Waals surface area contributed by atoms with Crippen LogP contribution in [0.1, 0.15) is 17.5 Å². The fourth-order valence-corrected chi connectivity index (χ4v) is 5.80. The third kappa shape index (κ3) is 3.88. The molecule has 7 N–H and O–H groups in total. The molecule has 4 rings (SSSR count). The maximum absolute atomic E-state index is 13.8. The van der Waals surface area contributed by atoms with Crippen molar-refractivity contribution in [2.45, 2.75) is 24.5 Å². The van der Waals surface area contributed by atoms with Crippen LogP contribution in [-0.4, -0.2) is 100.0 Å². The number of primary amides is 1. The lowest BCUT2D eigenvalue weighted by atomic mass is 9.57. The van der Waals surface area contributed by atoms with Crippen molar-refractivity contribution in [2.24, 2.45) is 17.6 Å². The lowest BCUT2D eigenvalue weighted by Gasteiger charge is -2.50. The molecule has 0 saturated heterocycles. The van der Waals surface area contributed by atoms with E-state index in [9.17, 15) is 39.6 Å². The maximum atomic E-state index is 13.8. The number of phenolic OH excluding ortho intramolecular Hbond substituents is 1. The predicted octanol–water partition coefficient (Wildman–Crippen LogP) is -0.536. The number of rotatable bonds is 5. The number of carbonyl (C=O) groups excluding carboxylic acids is 4. The highest BCUT2D eigenvalue weighted by atomic mass is 16.3. The number of anilines is 1. The maximum Gasteiger partial charge on any atom is 0.255 e. The largest absolute Gasteiger partial charge is 0.508 e. The molecule has 0 aromatic heterocycles. The van der Waals surface area contributed by atoms with Crippen molar-refractivity contribution in [3.63, 3.8) is 0 Å². The molecule has 0 unspecified atom stereocenters. The Labute approximate surface area is 212 Å². The van der Waals surface area contributed by atoms with Crippen molar-refractivity contribution in [2.75, 3.05) is 40.1 Å². The van der Waals surface area contributed by atoms with Gasteiger partial charge in [-0.2, -0.15) is 0 Å². The number of nitrogens with zero attached hydrogens (tertiary/aromatic N) is 2. The van der Waals surface area contributed by atoms with Gasteiger partial charge in [0.1, 0.15) is 22.8 Å². The standard InChI is InChI=1S/C25H30N4O8/c1-28(2)9-14(30)27-13-6-5-10-7-11-8-12-18(29(3)4)21(33)17(24(26)36)23(35)25(12,37)22(34)16(11)20(32)15(10)19(13)31/h5-6,11-12,18,31-32,35,37H,7-9H2,1-4H3,(H2,26,36)(H,27,30)/t11-,12-,18-,25-/m0/s1. The number of Topliss-reactive ketones (excluding diaryl/α,β-unsaturated/α-hetero) is 2. The van der Waals surface area contributed by atoms with Gasteiger partial charge >= 0.3 is 0 Å². The van der Waals surface area contributed by atoms with Crippen LogP contribution in [0.2, 0.25) is 0 Å². The molecular formula is C25H30N4O8. The molecule has 1 aromatic carbocycles. The summed E-state index contributed by atoms with van der Waals surface area (Å²) in [5.41, 5.74) is 1.93. The topological polar surface area (TPSA) is 194 Å². The molecular weight excluding hydrogens is 484 g/mol.